The van der Waals surface area contributed by atoms with Crippen LogP contribution < -0.4 is 14.8 Å². The van der Waals surface area contributed by atoms with Crippen LogP contribution in [0.1, 0.15) is 11.1 Å². The first-order chi connectivity index (χ1) is 10.3. The highest BCUT2D eigenvalue weighted by molar-refractivity contribution is 5.60. The van der Waals surface area contributed by atoms with Gasteiger partial charge in [-0.15, -0.1) is 0 Å². The Labute approximate surface area is 125 Å². The minimum atomic E-state index is 0.604. The van der Waals surface area contributed by atoms with Crippen molar-refractivity contribution in [2.24, 2.45) is 0 Å². The van der Waals surface area contributed by atoms with Gasteiger partial charge in [0, 0.05) is 19.7 Å². The summed E-state index contributed by atoms with van der Waals surface area (Å²) in [6, 6.07) is 13.9. The fraction of sp³-hybridized carbons (Fsp3) is 0.294. The number of methoxy groups -OCH3 is 3. The summed E-state index contributed by atoms with van der Waals surface area (Å²) in [7, 11) is 5.01. The Morgan fingerprint density at radius 2 is 1.67 bits per heavy atom. The second-order valence-electron chi connectivity index (χ2n) is 4.62. The molecule has 0 spiro atoms. The first-order valence-electron chi connectivity index (χ1n) is 6.80. The van der Waals surface area contributed by atoms with Gasteiger partial charge >= 0.3 is 0 Å². The van der Waals surface area contributed by atoms with Crippen molar-refractivity contribution in [3.8, 4) is 11.5 Å². The highest BCUT2D eigenvalue weighted by atomic mass is 16.5. The smallest absolute Gasteiger partial charge is 0.142 e. The van der Waals surface area contributed by atoms with Crippen LogP contribution in [-0.2, 0) is 17.9 Å². The number of ether oxygens (including phenoxy) is 3. The number of rotatable bonds is 7. The average Bonchev–Trinajstić information content (AvgIpc) is 2.54. The van der Waals surface area contributed by atoms with E-state index in [9.17, 15) is 0 Å². The van der Waals surface area contributed by atoms with Crippen molar-refractivity contribution in [2.45, 2.75) is 13.2 Å². The summed E-state index contributed by atoms with van der Waals surface area (Å²) >= 11 is 0. The molecule has 2 rings (SSSR count). The molecule has 1 N–H and O–H groups in total. The zero-order valence-corrected chi connectivity index (χ0v) is 12.7. The number of benzene rings is 2. The maximum atomic E-state index is 5.37. The van der Waals surface area contributed by atoms with E-state index in [2.05, 4.69) is 17.4 Å². The van der Waals surface area contributed by atoms with Crippen LogP contribution in [0.15, 0.2) is 42.5 Å². The van der Waals surface area contributed by atoms with Crippen molar-refractivity contribution in [1.29, 1.82) is 0 Å². The molecule has 0 saturated heterocycles. The summed E-state index contributed by atoms with van der Waals surface area (Å²) in [5.74, 6) is 1.59. The summed E-state index contributed by atoms with van der Waals surface area (Å²) < 4.78 is 15.9. The van der Waals surface area contributed by atoms with Gasteiger partial charge in [-0.25, -0.2) is 0 Å². The van der Waals surface area contributed by atoms with Crippen molar-refractivity contribution < 1.29 is 14.2 Å². The third kappa shape index (κ3) is 3.89. The molecule has 0 radical (unpaired) electrons. The topological polar surface area (TPSA) is 39.7 Å². The molecule has 0 amide bonds. The number of anilines is 1. The Bertz CT molecular complexity index is 584. The van der Waals surface area contributed by atoms with E-state index < -0.39 is 0 Å². The Morgan fingerprint density at radius 1 is 0.905 bits per heavy atom. The van der Waals surface area contributed by atoms with Crippen LogP contribution in [-0.4, -0.2) is 21.3 Å². The molecule has 0 fully saturated rings. The van der Waals surface area contributed by atoms with E-state index in [0.717, 1.165) is 17.2 Å². The van der Waals surface area contributed by atoms with E-state index in [1.807, 2.05) is 30.3 Å². The predicted octanol–water partition coefficient (Wildman–Crippen LogP) is 3.46. The molecular weight excluding hydrogens is 266 g/mol. The van der Waals surface area contributed by atoms with Gasteiger partial charge in [0.2, 0.25) is 0 Å². The third-order valence-corrected chi connectivity index (χ3v) is 3.29. The van der Waals surface area contributed by atoms with Gasteiger partial charge in [0.25, 0.3) is 0 Å². The predicted molar refractivity (Wildman–Crippen MR) is 84.0 cm³/mol. The van der Waals surface area contributed by atoms with Crippen molar-refractivity contribution in [3.63, 3.8) is 0 Å². The number of hydrogen-bond donors (Lipinski definition) is 1. The van der Waals surface area contributed by atoms with Crippen molar-refractivity contribution in [2.75, 3.05) is 26.6 Å². The molecule has 112 valence electrons. The van der Waals surface area contributed by atoms with Gasteiger partial charge in [-0.3, -0.25) is 0 Å². The summed E-state index contributed by atoms with van der Waals surface area (Å²) in [5, 5.41) is 3.39. The van der Waals surface area contributed by atoms with Crippen LogP contribution in [0.5, 0.6) is 11.5 Å². The monoisotopic (exact) mass is 287 g/mol. The largest absolute Gasteiger partial charge is 0.497 e. The molecule has 21 heavy (non-hydrogen) atoms. The van der Waals surface area contributed by atoms with Crippen LogP contribution in [0.2, 0.25) is 0 Å². The molecule has 0 bridgehead atoms. The van der Waals surface area contributed by atoms with Gasteiger partial charge < -0.3 is 19.5 Å². The lowest BCUT2D eigenvalue weighted by Crippen LogP contribution is -2.05. The van der Waals surface area contributed by atoms with E-state index in [0.29, 0.717) is 13.2 Å². The first-order valence-corrected chi connectivity index (χ1v) is 6.80. The Hall–Kier alpha value is -2.20. The van der Waals surface area contributed by atoms with Gasteiger partial charge in [-0.2, -0.15) is 0 Å². The lowest BCUT2D eigenvalue weighted by atomic mass is 10.1. The molecule has 0 unspecified atom stereocenters. The van der Waals surface area contributed by atoms with Crippen LogP contribution in [0.25, 0.3) is 0 Å². The molecule has 2 aromatic carbocycles. The zero-order valence-electron chi connectivity index (χ0n) is 12.7. The lowest BCUT2D eigenvalue weighted by molar-refractivity contribution is 0.184. The van der Waals surface area contributed by atoms with Crippen molar-refractivity contribution in [1.82, 2.24) is 0 Å². The zero-order chi connectivity index (χ0) is 15.1. The highest BCUT2D eigenvalue weighted by Gasteiger charge is 2.06. The van der Waals surface area contributed by atoms with Crippen LogP contribution >= 0.6 is 0 Å². The molecule has 0 aliphatic heterocycles. The van der Waals surface area contributed by atoms with E-state index >= 15 is 0 Å². The molecule has 0 saturated carbocycles. The standard InChI is InChI=1S/C17H21NO3/c1-19-12-14-7-5-4-6-13(14)11-18-16-10-15(20-2)8-9-17(16)21-3/h4-10,18H,11-12H2,1-3H3. The molecule has 0 aromatic heterocycles. The van der Waals surface area contributed by atoms with E-state index in [1.165, 1.54) is 11.1 Å². The fourth-order valence-electron chi connectivity index (χ4n) is 2.17. The van der Waals surface area contributed by atoms with Crippen LogP contribution in [0, 0.1) is 0 Å². The Kier molecular flexibility index (Phi) is 5.46. The lowest BCUT2D eigenvalue weighted by Gasteiger charge is -2.14. The Morgan fingerprint density at radius 3 is 2.33 bits per heavy atom. The van der Waals surface area contributed by atoms with Gasteiger partial charge in [0.05, 0.1) is 26.5 Å². The van der Waals surface area contributed by atoms with Crippen molar-refractivity contribution >= 4 is 5.69 Å². The van der Waals surface area contributed by atoms with E-state index in [1.54, 1.807) is 21.3 Å². The highest BCUT2D eigenvalue weighted by Crippen LogP contribution is 2.29. The SMILES string of the molecule is COCc1ccccc1CNc1cc(OC)ccc1OC. The van der Waals surface area contributed by atoms with Crippen LogP contribution in [0.3, 0.4) is 0 Å². The Balaban J connectivity index is 2.16. The van der Waals surface area contributed by atoms with Gasteiger partial charge in [0.15, 0.2) is 0 Å². The molecular formula is C17H21NO3. The quantitative estimate of drug-likeness (QED) is 0.846. The van der Waals surface area contributed by atoms with Gasteiger partial charge in [0.1, 0.15) is 11.5 Å². The average molecular weight is 287 g/mol. The minimum absolute atomic E-state index is 0.604. The van der Waals surface area contributed by atoms with E-state index in [4.69, 9.17) is 14.2 Å². The van der Waals surface area contributed by atoms with Crippen LogP contribution in [0.4, 0.5) is 5.69 Å². The van der Waals surface area contributed by atoms with E-state index in [-0.39, 0.29) is 0 Å². The van der Waals surface area contributed by atoms with Gasteiger partial charge in [-0.05, 0) is 23.3 Å². The molecule has 4 heteroatoms. The molecule has 0 atom stereocenters. The number of nitrogens with one attached hydrogen (secondary N) is 1. The molecule has 4 nitrogen and oxygen atoms in total. The normalized spacial score (nSPS) is 10.2. The summed E-state index contributed by atoms with van der Waals surface area (Å²) in [6.45, 7) is 1.30. The maximum Gasteiger partial charge on any atom is 0.142 e. The molecule has 0 aliphatic rings. The molecule has 0 heterocycles. The minimum Gasteiger partial charge on any atom is -0.497 e. The maximum absolute atomic E-state index is 5.37. The summed E-state index contributed by atoms with van der Waals surface area (Å²) in [5.41, 5.74) is 3.28. The second-order valence-corrected chi connectivity index (χ2v) is 4.62. The summed E-state index contributed by atoms with van der Waals surface area (Å²) in [4.78, 5) is 0. The molecule has 0 aliphatic carbocycles. The third-order valence-electron chi connectivity index (χ3n) is 3.29. The molecule has 2 aromatic rings. The first kappa shape index (κ1) is 15.2. The van der Waals surface area contributed by atoms with Gasteiger partial charge in [-0.1, -0.05) is 24.3 Å². The fourth-order valence-corrected chi connectivity index (χ4v) is 2.17. The second kappa shape index (κ2) is 7.55. The number of hydrogen-bond acceptors (Lipinski definition) is 4. The summed E-state index contributed by atoms with van der Waals surface area (Å²) in [6.07, 6.45) is 0. The van der Waals surface area contributed by atoms with Crippen molar-refractivity contribution in [3.05, 3.63) is 53.6 Å².